The maximum Gasteiger partial charge on any atom is 0.305 e. The van der Waals surface area contributed by atoms with E-state index in [1.54, 1.807) is 4.57 Å². The molecule has 0 saturated heterocycles. The zero-order chi connectivity index (χ0) is 16.9. The molecule has 1 N–H and O–H groups in total. The fraction of sp³-hybridized carbons (Fsp3) is 0.167. The Kier molecular flexibility index (Phi) is 6.14. The smallest absolute Gasteiger partial charge is 0.305 e. The summed E-state index contributed by atoms with van der Waals surface area (Å²) in [6.07, 6.45) is 3.66. The van der Waals surface area contributed by atoms with E-state index in [1.807, 2.05) is 68.7 Å². The molecular weight excluding hydrogens is 338 g/mol. The second-order valence-corrected chi connectivity index (χ2v) is 5.43. The van der Waals surface area contributed by atoms with Gasteiger partial charge in [0, 0.05) is 12.1 Å². The van der Waals surface area contributed by atoms with Gasteiger partial charge >= 0.3 is 5.91 Å². The summed E-state index contributed by atoms with van der Waals surface area (Å²) in [5, 5.41) is 4.16. The van der Waals surface area contributed by atoms with Crippen LogP contribution in [0.5, 0.6) is 0 Å². The van der Waals surface area contributed by atoms with Crippen molar-refractivity contribution < 1.29 is 21.8 Å². The monoisotopic (exact) mass is 355 g/mol. The Hall–Kier alpha value is -2.86. The molecule has 0 bridgehead atoms. The fourth-order valence-corrected chi connectivity index (χ4v) is 2.37. The third kappa shape index (κ3) is 4.58. The molecule has 0 aliphatic carbocycles. The zero-order valence-electron chi connectivity index (χ0n) is 14.0. The van der Waals surface area contributed by atoms with Gasteiger partial charge in [0.25, 0.3) is 0 Å². The van der Waals surface area contributed by atoms with Crippen LogP contribution in [0.15, 0.2) is 60.0 Å². The average molecular weight is 356 g/mol. The van der Waals surface area contributed by atoms with Crippen molar-refractivity contribution in [3.05, 3.63) is 66.2 Å². The summed E-state index contributed by atoms with van der Waals surface area (Å²) in [4.78, 5) is 21.1. The number of rotatable bonds is 4. The van der Waals surface area contributed by atoms with Crippen molar-refractivity contribution in [1.82, 2.24) is 15.4 Å². The minimum absolute atomic E-state index is 0. The lowest BCUT2D eigenvalue weighted by atomic mass is 10.2. The van der Waals surface area contributed by atoms with Crippen LogP contribution in [0.4, 0.5) is 0 Å². The predicted octanol–water partition coefficient (Wildman–Crippen LogP) is -1.23. The van der Waals surface area contributed by atoms with Crippen molar-refractivity contribution in [3.8, 4) is 0 Å². The predicted molar refractivity (Wildman–Crippen MR) is 91.3 cm³/mol. The molecule has 2 heterocycles. The summed E-state index contributed by atoms with van der Waals surface area (Å²) < 4.78 is 1.78. The van der Waals surface area contributed by atoms with Gasteiger partial charge in [0.1, 0.15) is 5.69 Å². The molecule has 0 spiro atoms. The SMILES string of the molecule is C/C(=N\NC(=O)C[n+]1ccccc1)c1nc2ccccc2nc1C.[Cl-]. The highest BCUT2D eigenvalue weighted by Crippen LogP contribution is 2.12. The Labute approximate surface area is 152 Å². The number of carbonyl (C=O) groups is 1. The van der Waals surface area contributed by atoms with Gasteiger partial charge in [0.05, 0.1) is 22.4 Å². The molecule has 1 aromatic carbocycles. The van der Waals surface area contributed by atoms with Crippen molar-refractivity contribution >= 4 is 22.7 Å². The number of carbonyl (C=O) groups excluding carboxylic acids is 1. The first-order chi connectivity index (χ1) is 11.6. The van der Waals surface area contributed by atoms with E-state index in [0.717, 1.165) is 16.7 Å². The van der Waals surface area contributed by atoms with E-state index in [9.17, 15) is 4.79 Å². The third-order valence-electron chi connectivity index (χ3n) is 3.54. The zero-order valence-corrected chi connectivity index (χ0v) is 14.7. The van der Waals surface area contributed by atoms with E-state index >= 15 is 0 Å². The number of hydrazone groups is 1. The number of fused-ring (bicyclic) bond motifs is 1. The van der Waals surface area contributed by atoms with Crippen LogP contribution < -0.4 is 22.4 Å². The fourth-order valence-electron chi connectivity index (χ4n) is 2.37. The Morgan fingerprint density at radius 3 is 2.40 bits per heavy atom. The van der Waals surface area contributed by atoms with Gasteiger partial charge in [-0.15, -0.1) is 0 Å². The minimum atomic E-state index is -0.197. The lowest BCUT2D eigenvalue weighted by molar-refractivity contribution is -0.684. The number of nitrogens with one attached hydrogen (secondary N) is 1. The first kappa shape index (κ1) is 18.5. The minimum Gasteiger partial charge on any atom is -1.00 e. The van der Waals surface area contributed by atoms with Crippen LogP contribution in [0, 0.1) is 6.92 Å². The Balaban J connectivity index is 0.00000225. The number of benzene rings is 1. The highest BCUT2D eigenvalue weighted by molar-refractivity contribution is 5.99. The summed E-state index contributed by atoms with van der Waals surface area (Å²) in [7, 11) is 0. The van der Waals surface area contributed by atoms with Gasteiger partial charge < -0.3 is 12.4 Å². The van der Waals surface area contributed by atoms with Crippen LogP contribution >= 0.6 is 0 Å². The van der Waals surface area contributed by atoms with Gasteiger partial charge in [-0.3, -0.25) is 4.79 Å². The van der Waals surface area contributed by atoms with Crippen molar-refractivity contribution in [3.63, 3.8) is 0 Å². The molecule has 25 heavy (non-hydrogen) atoms. The average Bonchev–Trinajstić information content (AvgIpc) is 2.60. The third-order valence-corrected chi connectivity index (χ3v) is 3.54. The second kappa shape index (κ2) is 8.30. The van der Waals surface area contributed by atoms with Gasteiger partial charge in [-0.2, -0.15) is 9.67 Å². The number of nitrogens with zero attached hydrogens (tertiary/aromatic N) is 4. The molecule has 0 saturated carbocycles. The molecule has 7 heteroatoms. The summed E-state index contributed by atoms with van der Waals surface area (Å²) >= 11 is 0. The van der Waals surface area contributed by atoms with Gasteiger partial charge in [-0.25, -0.2) is 15.4 Å². The molecule has 0 atom stereocenters. The van der Waals surface area contributed by atoms with E-state index in [-0.39, 0.29) is 24.9 Å². The van der Waals surface area contributed by atoms with Crippen LogP contribution in [0.1, 0.15) is 18.3 Å². The van der Waals surface area contributed by atoms with E-state index in [1.165, 1.54) is 0 Å². The van der Waals surface area contributed by atoms with Gasteiger partial charge in [0.2, 0.25) is 6.54 Å². The number of hydrogen-bond donors (Lipinski definition) is 1. The van der Waals surface area contributed by atoms with Crippen LogP contribution in [0.25, 0.3) is 11.0 Å². The number of pyridine rings is 1. The molecule has 6 nitrogen and oxygen atoms in total. The molecule has 0 aliphatic rings. The molecule has 0 fully saturated rings. The number of halogens is 1. The Bertz CT molecular complexity index is 912. The largest absolute Gasteiger partial charge is 1.00 e. The van der Waals surface area contributed by atoms with Crippen molar-refractivity contribution in [2.24, 2.45) is 5.10 Å². The first-order valence-electron chi connectivity index (χ1n) is 7.64. The lowest BCUT2D eigenvalue weighted by Gasteiger charge is -2.06. The molecule has 3 rings (SSSR count). The molecule has 3 aromatic rings. The maximum atomic E-state index is 12.0. The van der Waals surface area contributed by atoms with Crippen molar-refractivity contribution in [1.29, 1.82) is 0 Å². The van der Waals surface area contributed by atoms with E-state index in [2.05, 4.69) is 20.5 Å². The number of hydrogen-bond acceptors (Lipinski definition) is 4. The highest BCUT2D eigenvalue weighted by atomic mass is 35.5. The molecule has 0 aliphatic heterocycles. The second-order valence-electron chi connectivity index (χ2n) is 5.43. The first-order valence-corrected chi connectivity index (χ1v) is 7.64. The van der Waals surface area contributed by atoms with Crippen LogP contribution in [0.2, 0.25) is 0 Å². The van der Waals surface area contributed by atoms with Crippen LogP contribution in [-0.4, -0.2) is 21.6 Å². The Morgan fingerprint density at radius 2 is 1.72 bits per heavy atom. The van der Waals surface area contributed by atoms with Gasteiger partial charge in [0.15, 0.2) is 12.4 Å². The van der Waals surface area contributed by atoms with E-state index in [0.29, 0.717) is 11.4 Å². The number of aryl methyl sites for hydroxylation is 1. The van der Waals surface area contributed by atoms with Crippen LogP contribution in [0.3, 0.4) is 0 Å². The van der Waals surface area contributed by atoms with Crippen molar-refractivity contribution in [2.75, 3.05) is 0 Å². The van der Waals surface area contributed by atoms with E-state index < -0.39 is 0 Å². The van der Waals surface area contributed by atoms with Gasteiger partial charge in [-0.1, -0.05) is 18.2 Å². The molecule has 0 unspecified atom stereocenters. The maximum absolute atomic E-state index is 12.0. The molecule has 2 aromatic heterocycles. The number of para-hydroxylation sites is 2. The molecule has 1 amide bonds. The standard InChI is InChI=1S/C18H17N5O.ClH/c1-13-18(20-16-9-5-4-8-15(16)19-13)14(2)21-22-17(24)12-23-10-6-3-7-11-23;/h3-11H,12H2,1-2H3;1H. The van der Waals surface area contributed by atoms with Crippen LogP contribution in [-0.2, 0) is 11.3 Å². The van der Waals surface area contributed by atoms with Crippen molar-refractivity contribution in [2.45, 2.75) is 20.4 Å². The van der Waals surface area contributed by atoms with E-state index in [4.69, 9.17) is 0 Å². The molecular formula is C18H18ClN5O. The van der Waals surface area contributed by atoms with Gasteiger partial charge in [-0.05, 0) is 26.0 Å². The highest BCUT2D eigenvalue weighted by Gasteiger charge is 2.10. The normalized spacial score (nSPS) is 11.0. The Morgan fingerprint density at radius 1 is 1.08 bits per heavy atom. The number of amides is 1. The lowest BCUT2D eigenvalue weighted by Crippen LogP contribution is -3.00. The summed E-state index contributed by atoms with van der Waals surface area (Å²) in [6, 6.07) is 13.3. The number of aromatic nitrogens is 3. The molecule has 128 valence electrons. The topological polar surface area (TPSA) is 71.1 Å². The summed E-state index contributed by atoms with van der Waals surface area (Å²) in [5.74, 6) is -0.197. The quantitative estimate of drug-likeness (QED) is 0.362. The summed E-state index contributed by atoms with van der Waals surface area (Å²) in [5.41, 5.74) is 6.30. The molecule has 0 radical (unpaired) electrons. The summed E-state index contributed by atoms with van der Waals surface area (Å²) in [6.45, 7) is 3.90.